The second-order valence-corrected chi connectivity index (χ2v) is 5.25. The van der Waals surface area contributed by atoms with Gasteiger partial charge in [0, 0.05) is 23.3 Å². The van der Waals surface area contributed by atoms with Crippen molar-refractivity contribution in [1.29, 1.82) is 0 Å². The Kier molecular flexibility index (Phi) is 5.51. The van der Waals surface area contributed by atoms with Crippen molar-refractivity contribution in [1.82, 2.24) is 0 Å². The van der Waals surface area contributed by atoms with Crippen LogP contribution in [0, 0.1) is 10.1 Å². The Morgan fingerprint density at radius 1 is 1.13 bits per heavy atom. The summed E-state index contributed by atoms with van der Waals surface area (Å²) in [4.78, 5) is 26.4. The molecule has 118 valence electrons. The standard InChI is InChI=1S/C15H14N3O4P/c16-9-14(19)22-17-15(11-3-7-13(23)8-4-11)10-1-5-12(6-2-10)18(20)21/h1-8H,9,16,23H2/p+1. The number of rotatable bonds is 5. The highest BCUT2D eigenvalue weighted by Crippen LogP contribution is 2.16. The summed E-state index contributed by atoms with van der Waals surface area (Å²) in [5.41, 5.74) is 5.14. The predicted molar refractivity (Wildman–Crippen MR) is 88.4 cm³/mol. The molecule has 0 spiro atoms. The van der Waals surface area contributed by atoms with Crippen molar-refractivity contribution in [3.8, 4) is 0 Å². The van der Waals surface area contributed by atoms with Crippen LogP contribution in [0.2, 0.25) is 0 Å². The Morgan fingerprint density at radius 2 is 1.65 bits per heavy atom. The SMILES string of the molecule is [NH3+]CC(=O)ON=C(c1ccc(P)cc1)c1ccc([N+](=O)[O-])cc1. The normalized spacial score (nSPS) is 11.1. The quantitative estimate of drug-likeness (QED) is 0.285. The second-order valence-electron chi connectivity index (χ2n) is 4.58. The van der Waals surface area contributed by atoms with Gasteiger partial charge >= 0.3 is 5.97 Å². The van der Waals surface area contributed by atoms with Gasteiger partial charge in [-0.15, -0.1) is 9.24 Å². The van der Waals surface area contributed by atoms with Gasteiger partial charge in [0.25, 0.3) is 5.69 Å². The molecule has 2 aromatic rings. The number of nitrogens with zero attached hydrogens (tertiary/aromatic N) is 2. The average molecular weight is 332 g/mol. The summed E-state index contributed by atoms with van der Waals surface area (Å²) in [6, 6.07) is 13.2. The fourth-order valence-electron chi connectivity index (χ4n) is 1.80. The van der Waals surface area contributed by atoms with Gasteiger partial charge < -0.3 is 10.6 Å². The van der Waals surface area contributed by atoms with E-state index in [-0.39, 0.29) is 12.2 Å². The number of hydrogen-bond donors (Lipinski definition) is 1. The molecule has 0 bridgehead atoms. The highest BCUT2D eigenvalue weighted by molar-refractivity contribution is 7.27. The van der Waals surface area contributed by atoms with Gasteiger partial charge in [-0.1, -0.05) is 29.4 Å². The van der Waals surface area contributed by atoms with E-state index in [0.717, 1.165) is 10.9 Å². The molecule has 0 aromatic heterocycles. The average Bonchev–Trinajstić information content (AvgIpc) is 2.56. The summed E-state index contributed by atoms with van der Waals surface area (Å²) in [5.74, 6) is -0.563. The predicted octanol–water partition coefficient (Wildman–Crippen LogP) is 0.633. The van der Waals surface area contributed by atoms with Gasteiger partial charge in [-0.25, -0.2) is 4.79 Å². The van der Waals surface area contributed by atoms with Crippen molar-refractivity contribution in [3.05, 3.63) is 69.8 Å². The molecule has 1 unspecified atom stereocenters. The van der Waals surface area contributed by atoms with Gasteiger partial charge in [0.2, 0.25) is 0 Å². The Bertz CT molecular complexity index is 742. The number of non-ortho nitro benzene ring substituents is 1. The van der Waals surface area contributed by atoms with Crippen LogP contribution in [0.4, 0.5) is 5.69 Å². The molecule has 1 atom stereocenters. The van der Waals surface area contributed by atoms with E-state index < -0.39 is 10.9 Å². The first-order valence-corrected chi connectivity index (χ1v) is 7.27. The summed E-state index contributed by atoms with van der Waals surface area (Å²) in [6.45, 7) is -0.0401. The lowest BCUT2D eigenvalue weighted by molar-refractivity contribution is -0.384. The first kappa shape index (κ1) is 16.7. The lowest BCUT2D eigenvalue weighted by Crippen LogP contribution is -2.54. The summed E-state index contributed by atoms with van der Waals surface area (Å²) in [5, 5.41) is 15.6. The van der Waals surface area contributed by atoms with Crippen LogP contribution < -0.4 is 11.0 Å². The third kappa shape index (κ3) is 4.42. The van der Waals surface area contributed by atoms with E-state index in [1.165, 1.54) is 12.1 Å². The van der Waals surface area contributed by atoms with Gasteiger partial charge in [-0.3, -0.25) is 10.1 Å². The van der Waals surface area contributed by atoms with Crippen LogP contribution in [0.25, 0.3) is 0 Å². The van der Waals surface area contributed by atoms with Gasteiger partial charge in [0.1, 0.15) is 5.71 Å². The number of oxime groups is 1. The second kappa shape index (κ2) is 7.58. The van der Waals surface area contributed by atoms with E-state index in [1.807, 2.05) is 24.3 Å². The van der Waals surface area contributed by atoms with Crippen LogP contribution in [0.1, 0.15) is 11.1 Å². The van der Waals surface area contributed by atoms with Crippen LogP contribution in [0.15, 0.2) is 53.7 Å². The van der Waals surface area contributed by atoms with Gasteiger partial charge in [0.15, 0.2) is 6.54 Å². The molecule has 8 heteroatoms. The maximum Gasteiger partial charge on any atom is 0.388 e. The lowest BCUT2D eigenvalue weighted by Gasteiger charge is -2.07. The maximum atomic E-state index is 11.3. The zero-order chi connectivity index (χ0) is 16.8. The van der Waals surface area contributed by atoms with Crippen LogP contribution in [-0.4, -0.2) is 23.1 Å². The van der Waals surface area contributed by atoms with Crippen LogP contribution in [0.5, 0.6) is 0 Å². The molecule has 2 aromatic carbocycles. The molecular weight excluding hydrogens is 317 g/mol. The number of nitro groups is 1. The molecule has 7 nitrogen and oxygen atoms in total. The number of quaternary nitrogens is 1. The topological polar surface area (TPSA) is 109 Å². The monoisotopic (exact) mass is 332 g/mol. The fourth-order valence-corrected chi connectivity index (χ4v) is 1.99. The fraction of sp³-hybridized carbons (Fsp3) is 0.0667. The van der Waals surface area contributed by atoms with Crippen molar-refractivity contribution < 1.29 is 20.3 Å². The van der Waals surface area contributed by atoms with Crippen molar-refractivity contribution in [2.45, 2.75) is 0 Å². The van der Waals surface area contributed by atoms with Crippen molar-refractivity contribution in [2.75, 3.05) is 6.54 Å². The minimum atomic E-state index is -0.563. The number of benzene rings is 2. The Morgan fingerprint density at radius 3 is 2.13 bits per heavy atom. The van der Waals surface area contributed by atoms with E-state index in [2.05, 4.69) is 20.1 Å². The molecule has 2 rings (SSSR count). The molecule has 0 fully saturated rings. The molecule has 0 amide bonds. The number of nitro benzene ring substituents is 1. The minimum Gasteiger partial charge on any atom is -0.348 e. The Balaban J connectivity index is 2.42. The van der Waals surface area contributed by atoms with Gasteiger partial charge in [0.05, 0.1) is 4.92 Å². The molecule has 23 heavy (non-hydrogen) atoms. The zero-order valence-electron chi connectivity index (χ0n) is 12.1. The maximum absolute atomic E-state index is 11.3. The molecule has 0 radical (unpaired) electrons. The largest absolute Gasteiger partial charge is 0.388 e. The van der Waals surface area contributed by atoms with Gasteiger partial charge in [-0.05, 0) is 17.4 Å². The van der Waals surface area contributed by atoms with Crippen molar-refractivity contribution >= 4 is 31.9 Å². The van der Waals surface area contributed by atoms with E-state index in [0.29, 0.717) is 11.3 Å². The minimum absolute atomic E-state index is 0.0249. The first-order chi connectivity index (χ1) is 11.0. The number of carbonyl (C=O) groups is 1. The molecule has 0 saturated carbocycles. The molecule has 0 saturated heterocycles. The molecule has 3 N–H and O–H groups in total. The molecule has 0 aliphatic rings. The first-order valence-electron chi connectivity index (χ1n) is 6.69. The van der Waals surface area contributed by atoms with E-state index in [9.17, 15) is 14.9 Å². The Labute approximate surface area is 134 Å². The molecule has 0 aliphatic heterocycles. The highest BCUT2D eigenvalue weighted by Gasteiger charge is 2.12. The summed E-state index contributed by atoms with van der Waals surface area (Å²) >= 11 is 0. The van der Waals surface area contributed by atoms with Crippen LogP contribution in [-0.2, 0) is 9.63 Å². The summed E-state index contributed by atoms with van der Waals surface area (Å²) in [7, 11) is 2.57. The van der Waals surface area contributed by atoms with E-state index >= 15 is 0 Å². The number of hydrogen-bond acceptors (Lipinski definition) is 5. The van der Waals surface area contributed by atoms with Crippen LogP contribution >= 0.6 is 9.24 Å². The van der Waals surface area contributed by atoms with Gasteiger partial charge in [-0.2, -0.15) is 0 Å². The van der Waals surface area contributed by atoms with E-state index in [4.69, 9.17) is 4.84 Å². The third-order valence-electron chi connectivity index (χ3n) is 2.98. The zero-order valence-corrected chi connectivity index (χ0v) is 13.3. The smallest absolute Gasteiger partial charge is 0.348 e. The molecular formula is C15H15N3O4P+. The van der Waals surface area contributed by atoms with E-state index in [1.54, 1.807) is 12.1 Å². The Hall–Kier alpha value is -2.63. The number of carbonyl (C=O) groups excluding carboxylic acids is 1. The highest BCUT2D eigenvalue weighted by atomic mass is 31.0. The summed E-state index contributed by atoms with van der Waals surface area (Å²) in [6.07, 6.45) is 0. The third-order valence-corrected chi connectivity index (χ3v) is 3.36. The summed E-state index contributed by atoms with van der Waals surface area (Å²) < 4.78 is 0. The van der Waals surface area contributed by atoms with Crippen LogP contribution in [0.3, 0.4) is 0 Å². The molecule has 0 aliphatic carbocycles. The molecule has 0 heterocycles. The van der Waals surface area contributed by atoms with Crippen molar-refractivity contribution in [2.24, 2.45) is 5.16 Å². The van der Waals surface area contributed by atoms with Crippen molar-refractivity contribution in [3.63, 3.8) is 0 Å². The lowest BCUT2D eigenvalue weighted by atomic mass is 10.0.